The molecule has 0 radical (unpaired) electrons. The first-order chi connectivity index (χ1) is 8.32. The molecule has 1 aromatic heterocycles. The lowest BCUT2D eigenvalue weighted by Crippen LogP contribution is -2.23. The Morgan fingerprint density at radius 2 is 2.11 bits per heavy atom. The molecule has 18 heavy (non-hydrogen) atoms. The number of nitrogens with zero attached hydrogens (tertiary/aromatic N) is 1. The maximum atomic E-state index is 11.4. The number of hydrogen-bond acceptors (Lipinski definition) is 4. The Bertz CT molecular complexity index is 486. The van der Waals surface area contributed by atoms with Gasteiger partial charge in [-0.15, -0.1) is 0 Å². The van der Waals surface area contributed by atoms with Gasteiger partial charge in [-0.25, -0.2) is 0 Å². The smallest absolute Gasteiger partial charge is 0.308 e. The van der Waals surface area contributed by atoms with Crippen LogP contribution in [0.3, 0.4) is 0 Å². The Morgan fingerprint density at radius 3 is 2.61 bits per heavy atom. The normalized spacial score (nSPS) is 11.9. The van der Waals surface area contributed by atoms with E-state index in [4.69, 9.17) is 10.8 Å². The summed E-state index contributed by atoms with van der Waals surface area (Å²) in [4.78, 5) is 26.2. The molecule has 0 aliphatic heterocycles. The summed E-state index contributed by atoms with van der Waals surface area (Å²) >= 11 is 0. The van der Waals surface area contributed by atoms with Gasteiger partial charge in [0.15, 0.2) is 0 Å². The topological polar surface area (TPSA) is 105 Å². The first kappa shape index (κ1) is 14.0. The van der Waals surface area contributed by atoms with Crippen LogP contribution in [0, 0.1) is 19.8 Å². The predicted octanol–water partition coefficient (Wildman–Crippen LogP) is 0.930. The predicted molar refractivity (Wildman–Crippen MR) is 67.5 cm³/mol. The summed E-state index contributed by atoms with van der Waals surface area (Å²) in [5.74, 6) is -2.03. The van der Waals surface area contributed by atoms with Crippen LogP contribution < -0.4 is 11.1 Å². The van der Waals surface area contributed by atoms with Gasteiger partial charge in [0.2, 0.25) is 0 Å². The number of carbonyl (C=O) groups excluding carboxylic acids is 1. The number of anilines is 1. The highest BCUT2D eigenvalue weighted by molar-refractivity contribution is 5.99. The van der Waals surface area contributed by atoms with Crippen LogP contribution in [0.15, 0.2) is 6.07 Å². The van der Waals surface area contributed by atoms with Crippen molar-refractivity contribution in [1.29, 1.82) is 0 Å². The van der Waals surface area contributed by atoms with E-state index in [0.29, 0.717) is 16.9 Å². The van der Waals surface area contributed by atoms with Crippen LogP contribution in [0.2, 0.25) is 0 Å². The second kappa shape index (κ2) is 5.48. The number of pyridine rings is 1. The van der Waals surface area contributed by atoms with Crippen molar-refractivity contribution < 1.29 is 14.7 Å². The summed E-state index contributed by atoms with van der Waals surface area (Å²) in [6, 6.07) is 1.68. The third kappa shape index (κ3) is 3.19. The zero-order chi connectivity index (χ0) is 13.9. The molecule has 1 heterocycles. The molecule has 6 nitrogen and oxygen atoms in total. The van der Waals surface area contributed by atoms with Crippen LogP contribution in [0.4, 0.5) is 5.69 Å². The van der Waals surface area contributed by atoms with Crippen LogP contribution in [0.1, 0.15) is 28.7 Å². The van der Waals surface area contributed by atoms with E-state index < -0.39 is 17.8 Å². The lowest BCUT2D eigenvalue weighted by Gasteiger charge is -2.14. The van der Waals surface area contributed by atoms with Gasteiger partial charge in [-0.3, -0.25) is 14.6 Å². The average Bonchev–Trinajstić information content (AvgIpc) is 2.23. The van der Waals surface area contributed by atoms with E-state index in [1.54, 1.807) is 26.8 Å². The Hall–Kier alpha value is -2.11. The van der Waals surface area contributed by atoms with E-state index in [1.807, 2.05) is 0 Å². The molecule has 0 spiro atoms. The SMILES string of the molecule is Cc1cc(NCC(C)C(=O)O)c(C(N)=O)c(C)n1. The maximum Gasteiger partial charge on any atom is 0.308 e. The molecule has 0 aromatic carbocycles. The highest BCUT2D eigenvalue weighted by atomic mass is 16.4. The van der Waals surface area contributed by atoms with Gasteiger partial charge >= 0.3 is 5.97 Å². The van der Waals surface area contributed by atoms with Crippen molar-refractivity contribution >= 4 is 17.6 Å². The Labute approximate surface area is 105 Å². The molecule has 1 atom stereocenters. The van der Waals surface area contributed by atoms with Crippen LogP contribution in [-0.2, 0) is 4.79 Å². The van der Waals surface area contributed by atoms with E-state index in [9.17, 15) is 9.59 Å². The zero-order valence-electron chi connectivity index (χ0n) is 10.7. The van der Waals surface area contributed by atoms with Crippen molar-refractivity contribution in [3.63, 3.8) is 0 Å². The minimum Gasteiger partial charge on any atom is -0.481 e. The van der Waals surface area contributed by atoms with Crippen LogP contribution in [0.25, 0.3) is 0 Å². The van der Waals surface area contributed by atoms with Gasteiger partial charge in [0.25, 0.3) is 5.91 Å². The number of nitrogens with one attached hydrogen (secondary N) is 1. The average molecular weight is 251 g/mol. The molecule has 98 valence electrons. The summed E-state index contributed by atoms with van der Waals surface area (Å²) in [5.41, 5.74) is 7.40. The number of rotatable bonds is 5. The first-order valence-electron chi connectivity index (χ1n) is 5.57. The molecule has 0 saturated carbocycles. The van der Waals surface area contributed by atoms with Crippen LogP contribution in [-0.4, -0.2) is 28.5 Å². The van der Waals surface area contributed by atoms with Gasteiger partial charge in [0, 0.05) is 12.2 Å². The third-order valence-corrected chi connectivity index (χ3v) is 2.60. The van der Waals surface area contributed by atoms with Crippen molar-refractivity contribution in [2.75, 3.05) is 11.9 Å². The number of nitrogens with two attached hydrogens (primary N) is 1. The number of primary amides is 1. The Balaban J connectivity index is 3.00. The summed E-state index contributed by atoms with van der Waals surface area (Å²) in [6.45, 7) is 5.29. The quantitative estimate of drug-likeness (QED) is 0.722. The second-order valence-corrected chi connectivity index (χ2v) is 4.26. The number of carbonyl (C=O) groups is 2. The minimum atomic E-state index is -0.898. The van der Waals surface area contributed by atoms with Crippen molar-refractivity contribution in [3.05, 3.63) is 23.0 Å². The number of aromatic nitrogens is 1. The van der Waals surface area contributed by atoms with Crippen molar-refractivity contribution in [2.24, 2.45) is 11.7 Å². The van der Waals surface area contributed by atoms with E-state index in [-0.39, 0.29) is 6.54 Å². The fourth-order valence-electron chi connectivity index (χ4n) is 1.63. The molecule has 0 aliphatic carbocycles. The van der Waals surface area contributed by atoms with Crippen molar-refractivity contribution in [1.82, 2.24) is 4.98 Å². The van der Waals surface area contributed by atoms with Crippen molar-refractivity contribution in [2.45, 2.75) is 20.8 Å². The molecule has 1 amide bonds. The van der Waals surface area contributed by atoms with Gasteiger partial charge in [0.05, 0.1) is 22.9 Å². The third-order valence-electron chi connectivity index (χ3n) is 2.60. The minimum absolute atomic E-state index is 0.221. The number of aliphatic carboxylic acids is 1. The molecule has 0 fully saturated rings. The van der Waals surface area contributed by atoms with Gasteiger partial charge in [-0.05, 0) is 19.9 Å². The molecule has 0 saturated heterocycles. The van der Waals surface area contributed by atoms with Crippen LogP contribution in [0.5, 0.6) is 0 Å². The Morgan fingerprint density at radius 1 is 1.50 bits per heavy atom. The summed E-state index contributed by atoms with van der Waals surface area (Å²) in [6.07, 6.45) is 0. The molecule has 0 aliphatic rings. The van der Waals surface area contributed by atoms with Crippen molar-refractivity contribution in [3.8, 4) is 0 Å². The molecule has 0 bridgehead atoms. The molecular formula is C12H17N3O3. The van der Waals surface area contributed by atoms with Gasteiger partial charge in [0.1, 0.15) is 0 Å². The number of carboxylic acid groups (broad SMARTS) is 1. The largest absolute Gasteiger partial charge is 0.481 e. The fourth-order valence-corrected chi connectivity index (χ4v) is 1.63. The monoisotopic (exact) mass is 251 g/mol. The molecular weight excluding hydrogens is 234 g/mol. The maximum absolute atomic E-state index is 11.4. The highest BCUT2D eigenvalue weighted by Crippen LogP contribution is 2.19. The van der Waals surface area contributed by atoms with Gasteiger partial charge in [-0.1, -0.05) is 6.92 Å². The lowest BCUT2D eigenvalue weighted by molar-refractivity contribution is -0.140. The number of aryl methyl sites for hydroxylation is 2. The zero-order valence-corrected chi connectivity index (χ0v) is 10.7. The Kier molecular flexibility index (Phi) is 4.25. The van der Waals surface area contributed by atoms with E-state index >= 15 is 0 Å². The molecule has 4 N–H and O–H groups in total. The number of carboxylic acids is 1. The van der Waals surface area contributed by atoms with E-state index in [1.165, 1.54) is 0 Å². The van der Waals surface area contributed by atoms with Gasteiger partial charge in [-0.2, -0.15) is 0 Å². The molecule has 6 heteroatoms. The lowest BCUT2D eigenvalue weighted by atomic mass is 10.1. The number of amides is 1. The molecule has 1 aromatic rings. The molecule has 1 unspecified atom stereocenters. The fraction of sp³-hybridized carbons (Fsp3) is 0.417. The number of hydrogen-bond donors (Lipinski definition) is 3. The van der Waals surface area contributed by atoms with Gasteiger partial charge < -0.3 is 16.2 Å². The summed E-state index contributed by atoms with van der Waals surface area (Å²) < 4.78 is 0. The second-order valence-electron chi connectivity index (χ2n) is 4.26. The van der Waals surface area contributed by atoms with E-state index in [2.05, 4.69) is 10.3 Å². The first-order valence-corrected chi connectivity index (χ1v) is 5.57. The highest BCUT2D eigenvalue weighted by Gasteiger charge is 2.16. The molecule has 1 rings (SSSR count). The summed E-state index contributed by atoms with van der Waals surface area (Å²) in [5, 5.41) is 11.7. The summed E-state index contributed by atoms with van der Waals surface area (Å²) in [7, 11) is 0. The van der Waals surface area contributed by atoms with Crippen LogP contribution >= 0.6 is 0 Å². The standard InChI is InChI=1S/C12H17N3O3/c1-6(12(17)18)5-14-9-4-7(2)15-8(3)10(9)11(13)16/h4,6H,5H2,1-3H3,(H2,13,16)(H,14,15)(H,17,18). The van der Waals surface area contributed by atoms with E-state index in [0.717, 1.165) is 5.69 Å².